The molecule has 33 heavy (non-hydrogen) atoms. The smallest absolute Gasteiger partial charge is 0.306 e. The molecular weight excluding hydrogens is 450 g/mol. The average Bonchev–Trinajstić information content (AvgIpc) is 3.07. The van der Waals surface area contributed by atoms with Gasteiger partial charge in [-0.1, -0.05) is 12.1 Å². The van der Waals surface area contributed by atoms with Crippen LogP contribution in [0.3, 0.4) is 0 Å². The van der Waals surface area contributed by atoms with Gasteiger partial charge in [-0.25, -0.2) is 8.42 Å². The highest BCUT2D eigenvalue weighted by molar-refractivity contribution is 7.90. The van der Waals surface area contributed by atoms with Gasteiger partial charge in [0, 0.05) is 30.3 Å². The van der Waals surface area contributed by atoms with Gasteiger partial charge in [0.25, 0.3) is 15.9 Å². The Balaban J connectivity index is 1.24. The van der Waals surface area contributed by atoms with E-state index in [1.165, 1.54) is 13.0 Å². The summed E-state index contributed by atoms with van der Waals surface area (Å²) < 4.78 is 42.7. The predicted octanol–water partition coefficient (Wildman–Crippen LogP) is 1.85. The molecule has 0 saturated carbocycles. The van der Waals surface area contributed by atoms with Crippen LogP contribution in [-0.2, 0) is 24.3 Å². The fraction of sp³-hybridized carbons (Fsp3) is 0.318. The number of carbonyl (C=O) groups is 2. The fourth-order valence-corrected chi connectivity index (χ4v) is 4.59. The van der Waals surface area contributed by atoms with Crippen molar-refractivity contribution in [3.8, 4) is 11.5 Å². The third kappa shape index (κ3) is 5.25. The number of ether oxygens (including phenoxy) is 3. The molecular formula is C22H23N3O7S. The number of nitrogens with zero attached hydrogens (tertiary/aromatic N) is 1. The van der Waals surface area contributed by atoms with Crippen molar-refractivity contribution in [3.05, 3.63) is 48.0 Å². The molecule has 0 radical (unpaired) electrons. The highest BCUT2D eigenvalue weighted by atomic mass is 32.2. The number of hydrogen-bond donors (Lipinski definition) is 2. The van der Waals surface area contributed by atoms with Crippen molar-refractivity contribution in [1.82, 2.24) is 4.72 Å². The molecule has 2 heterocycles. The summed E-state index contributed by atoms with van der Waals surface area (Å²) in [7, 11) is -3.60. The molecule has 0 saturated heterocycles. The van der Waals surface area contributed by atoms with Crippen LogP contribution in [0.1, 0.15) is 25.3 Å². The molecule has 2 aromatic rings. The summed E-state index contributed by atoms with van der Waals surface area (Å²) in [4.78, 5) is 28.9. The van der Waals surface area contributed by atoms with Crippen LogP contribution in [0.4, 0.5) is 5.69 Å². The minimum Gasteiger partial charge on any atom is -0.486 e. The fourth-order valence-electron chi connectivity index (χ4n) is 3.34. The zero-order valence-corrected chi connectivity index (χ0v) is 18.7. The first-order chi connectivity index (χ1) is 15.8. The summed E-state index contributed by atoms with van der Waals surface area (Å²) >= 11 is 0. The van der Waals surface area contributed by atoms with Crippen molar-refractivity contribution in [2.75, 3.05) is 25.1 Å². The molecule has 2 N–H and O–H groups in total. The van der Waals surface area contributed by atoms with Gasteiger partial charge in [-0.15, -0.1) is 0 Å². The number of rotatable bonds is 7. The Kier molecular flexibility index (Phi) is 6.50. The van der Waals surface area contributed by atoms with E-state index in [4.69, 9.17) is 14.2 Å². The Bertz CT molecular complexity index is 1210. The van der Waals surface area contributed by atoms with E-state index in [1.54, 1.807) is 36.4 Å². The van der Waals surface area contributed by atoms with E-state index < -0.39 is 28.0 Å². The second kappa shape index (κ2) is 9.49. The summed E-state index contributed by atoms with van der Waals surface area (Å²) in [6.07, 6.45) is -0.624. The van der Waals surface area contributed by atoms with E-state index in [0.717, 1.165) is 0 Å². The van der Waals surface area contributed by atoms with Crippen LogP contribution in [0, 0.1) is 0 Å². The summed E-state index contributed by atoms with van der Waals surface area (Å²) in [5.41, 5.74) is 1.01. The third-order valence-corrected chi connectivity index (χ3v) is 6.36. The number of benzene rings is 2. The maximum absolute atomic E-state index is 12.4. The molecule has 0 spiro atoms. The molecule has 2 aliphatic rings. The standard InChI is InChI=1S/C22H23N3O7S/c1-14(22(27)24-15-8-9-17-18(13-15)31-12-11-30-17)32-20(26)7-4-10-23-21-16-5-2-3-6-19(16)33(28,29)25-21/h2-3,5-6,8-9,13-14H,4,7,10-12H2,1H3,(H,23,25)(H,24,27)/t14-/m1/s1. The number of sulfonamides is 1. The van der Waals surface area contributed by atoms with E-state index in [2.05, 4.69) is 15.0 Å². The van der Waals surface area contributed by atoms with Gasteiger partial charge in [-0.2, -0.15) is 0 Å². The number of anilines is 1. The monoisotopic (exact) mass is 473 g/mol. The highest BCUT2D eigenvalue weighted by Crippen LogP contribution is 2.32. The lowest BCUT2D eigenvalue weighted by atomic mass is 10.2. The number of hydrogen-bond acceptors (Lipinski definition) is 8. The Labute approximate surface area is 191 Å². The van der Waals surface area contributed by atoms with Gasteiger partial charge in [0.05, 0.1) is 4.90 Å². The summed E-state index contributed by atoms with van der Waals surface area (Å²) in [6.45, 7) is 2.61. The molecule has 0 bridgehead atoms. The number of amides is 1. The molecule has 0 unspecified atom stereocenters. The van der Waals surface area contributed by atoms with Gasteiger partial charge in [0.2, 0.25) is 0 Å². The van der Waals surface area contributed by atoms with Crippen LogP contribution in [0.15, 0.2) is 52.4 Å². The van der Waals surface area contributed by atoms with Crippen LogP contribution in [0.5, 0.6) is 11.5 Å². The first-order valence-electron chi connectivity index (χ1n) is 10.4. The highest BCUT2D eigenvalue weighted by Gasteiger charge is 2.30. The molecule has 1 atom stereocenters. The molecule has 11 heteroatoms. The van der Waals surface area contributed by atoms with Crippen molar-refractivity contribution in [2.45, 2.75) is 30.8 Å². The minimum atomic E-state index is -3.60. The quantitative estimate of drug-likeness (QED) is 0.463. The largest absolute Gasteiger partial charge is 0.486 e. The number of fused-ring (bicyclic) bond motifs is 2. The Morgan fingerprint density at radius 1 is 1.15 bits per heavy atom. The lowest BCUT2D eigenvalue weighted by Crippen LogP contribution is -2.30. The second-order valence-electron chi connectivity index (χ2n) is 7.42. The van der Waals surface area contributed by atoms with Crippen molar-refractivity contribution in [2.24, 2.45) is 4.99 Å². The van der Waals surface area contributed by atoms with Crippen LogP contribution in [-0.4, -0.2) is 52.0 Å². The molecule has 2 aromatic carbocycles. The van der Waals surface area contributed by atoms with Crippen LogP contribution < -0.4 is 19.5 Å². The molecule has 1 amide bonds. The Morgan fingerprint density at radius 3 is 2.73 bits per heavy atom. The summed E-state index contributed by atoms with van der Waals surface area (Å²) in [5, 5.41) is 2.68. The summed E-state index contributed by atoms with van der Waals surface area (Å²) in [5.74, 6) is 0.379. The van der Waals surface area contributed by atoms with Crippen molar-refractivity contribution >= 4 is 33.4 Å². The Hall–Kier alpha value is -3.60. The molecule has 0 fully saturated rings. The van der Waals surface area contributed by atoms with Crippen LogP contribution in [0.2, 0.25) is 0 Å². The number of nitrogens with one attached hydrogen (secondary N) is 2. The van der Waals surface area contributed by atoms with Gasteiger partial charge >= 0.3 is 5.97 Å². The first kappa shape index (κ1) is 22.6. The van der Waals surface area contributed by atoms with E-state index >= 15 is 0 Å². The van der Waals surface area contributed by atoms with E-state index in [-0.39, 0.29) is 23.7 Å². The van der Waals surface area contributed by atoms with Gasteiger partial charge < -0.3 is 19.5 Å². The number of amidine groups is 1. The maximum atomic E-state index is 12.4. The molecule has 174 valence electrons. The van der Waals surface area contributed by atoms with Crippen LogP contribution in [0.25, 0.3) is 0 Å². The predicted molar refractivity (Wildman–Crippen MR) is 119 cm³/mol. The molecule has 10 nitrogen and oxygen atoms in total. The third-order valence-electron chi connectivity index (χ3n) is 4.96. The van der Waals surface area contributed by atoms with E-state index in [1.807, 2.05) is 0 Å². The lowest BCUT2D eigenvalue weighted by Gasteiger charge is -2.19. The Morgan fingerprint density at radius 2 is 1.91 bits per heavy atom. The van der Waals surface area contributed by atoms with Crippen molar-refractivity contribution in [3.63, 3.8) is 0 Å². The van der Waals surface area contributed by atoms with Crippen LogP contribution >= 0.6 is 0 Å². The summed E-state index contributed by atoms with van der Waals surface area (Å²) in [6, 6.07) is 11.6. The zero-order chi connectivity index (χ0) is 23.4. The lowest BCUT2D eigenvalue weighted by molar-refractivity contribution is -0.153. The first-order valence-corrected chi connectivity index (χ1v) is 11.9. The van der Waals surface area contributed by atoms with Gasteiger partial charge in [0.15, 0.2) is 17.6 Å². The van der Waals surface area contributed by atoms with Gasteiger partial charge in [-0.3, -0.25) is 19.3 Å². The number of esters is 1. The van der Waals surface area contributed by atoms with Crippen molar-refractivity contribution in [1.29, 1.82) is 0 Å². The van der Waals surface area contributed by atoms with E-state index in [9.17, 15) is 18.0 Å². The molecule has 2 aliphatic heterocycles. The normalized spacial score (nSPS) is 17.5. The molecule has 0 aromatic heterocycles. The zero-order valence-electron chi connectivity index (χ0n) is 17.9. The number of aliphatic imine (C=N–C) groups is 1. The van der Waals surface area contributed by atoms with Crippen molar-refractivity contribution < 1.29 is 32.2 Å². The topological polar surface area (TPSA) is 132 Å². The average molecular weight is 474 g/mol. The minimum absolute atomic E-state index is 0.0345. The number of carbonyl (C=O) groups excluding carboxylic acids is 2. The second-order valence-corrected chi connectivity index (χ2v) is 9.07. The van der Waals surface area contributed by atoms with E-state index in [0.29, 0.717) is 42.4 Å². The maximum Gasteiger partial charge on any atom is 0.306 e. The SMILES string of the molecule is C[C@@H](OC(=O)CCCN=C1NS(=O)(=O)c2ccccc21)C(=O)Nc1ccc2c(c1)OCCO2. The molecule has 0 aliphatic carbocycles. The van der Waals surface area contributed by atoms with Gasteiger partial charge in [-0.05, 0) is 37.6 Å². The van der Waals surface area contributed by atoms with Gasteiger partial charge in [0.1, 0.15) is 19.0 Å². The molecule has 4 rings (SSSR count).